The van der Waals surface area contributed by atoms with Crippen LogP contribution in [0.4, 0.5) is 11.4 Å². The predicted molar refractivity (Wildman–Crippen MR) is 145 cm³/mol. The van der Waals surface area contributed by atoms with Gasteiger partial charge in [0.1, 0.15) is 17.1 Å². The monoisotopic (exact) mass is 504 g/mol. The Hall–Kier alpha value is -4.11. The van der Waals surface area contributed by atoms with Crippen LogP contribution in [0.2, 0.25) is 0 Å². The second kappa shape index (κ2) is 9.87. The van der Waals surface area contributed by atoms with Gasteiger partial charge in [-0.3, -0.25) is 14.9 Å². The molecule has 1 aromatic heterocycles. The molecule has 36 heavy (non-hydrogen) atoms. The first-order valence-corrected chi connectivity index (χ1v) is 11.7. The minimum Gasteiger partial charge on any atom is -0.497 e. The summed E-state index contributed by atoms with van der Waals surface area (Å²) >= 11 is 5.34. The normalized spacial score (nSPS) is 14.8. The topological polar surface area (TPSA) is 76.0 Å². The van der Waals surface area contributed by atoms with Gasteiger partial charge in [0, 0.05) is 42.9 Å². The number of thiocarbonyl (C=S) groups is 1. The number of aryl methyl sites for hydroxylation is 1. The second-order valence-corrected chi connectivity index (χ2v) is 8.96. The zero-order chi connectivity index (χ0) is 26.1. The van der Waals surface area contributed by atoms with Gasteiger partial charge in [0.15, 0.2) is 5.11 Å². The van der Waals surface area contributed by atoms with Crippen molar-refractivity contribution in [3.63, 3.8) is 0 Å². The SMILES string of the molecule is COc1ccc(N2C(=O)/C(=C/c3cc(C)n(-c4ccc(N(C)C)cc4)c3C)C(=O)NC2=S)c(OC)c1. The summed E-state index contributed by atoms with van der Waals surface area (Å²) in [6, 6.07) is 15.1. The van der Waals surface area contributed by atoms with Crippen LogP contribution in [0, 0.1) is 13.8 Å². The van der Waals surface area contributed by atoms with E-state index in [1.807, 2.05) is 63.2 Å². The summed E-state index contributed by atoms with van der Waals surface area (Å²) in [6.07, 6.45) is 1.61. The summed E-state index contributed by atoms with van der Waals surface area (Å²) in [5.41, 5.74) is 5.11. The molecule has 0 atom stereocenters. The van der Waals surface area contributed by atoms with E-state index in [0.717, 1.165) is 28.3 Å². The molecule has 2 heterocycles. The smallest absolute Gasteiger partial charge is 0.270 e. The molecule has 1 aliphatic rings. The molecule has 0 aliphatic carbocycles. The van der Waals surface area contributed by atoms with Crippen LogP contribution in [0.25, 0.3) is 11.8 Å². The highest BCUT2D eigenvalue weighted by molar-refractivity contribution is 7.80. The molecule has 8 nitrogen and oxygen atoms in total. The molecule has 0 saturated carbocycles. The minimum atomic E-state index is -0.547. The molecular formula is C27H28N4O4S. The average molecular weight is 505 g/mol. The lowest BCUT2D eigenvalue weighted by Gasteiger charge is -2.30. The molecule has 186 valence electrons. The van der Waals surface area contributed by atoms with Gasteiger partial charge in [0.05, 0.1) is 19.9 Å². The van der Waals surface area contributed by atoms with E-state index in [-0.39, 0.29) is 10.7 Å². The second-order valence-electron chi connectivity index (χ2n) is 8.57. The van der Waals surface area contributed by atoms with E-state index in [9.17, 15) is 9.59 Å². The van der Waals surface area contributed by atoms with Crippen LogP contribution in [0.5, 0.6) is 11.5 Å². The molecule has 1 aliphatic heterocycles. The van der Waals surface area contributed by atoms with Crippen molar-refractivity contribution in [2.75, 3.05) is 38.1 Å². The van der Waals surface area contributed by atoms with Crippen LogP contribution in [0.1, 0.15) is 17.0 Å². The first-order valence-electron chi connectivity index (χ1n) is 11.3. The third-order valence-corrected chi connectivity index (χ3v) is 6.41. The zero-order valence-electron chi connectivity index (χ0n) is 21.1. The number of anilines is 2. The summed E-state index contributed by atoms with van der Waals surface area (Å²) in [4.78, 5) is 29.7. The Bertz CT molecular complexity index is 1390. The third-order valence-electron chi connectivity index (χ3n) is 6.12. The number of hydrogen-bond donors (Lipinski definition) is 1. The van der Waals surface area contributed by atoms with Crippen molar-refractivity contribution in [1.82, 2.24) is 9.88 Å². The molecule has 1 N–H and O–H groups in total. The van der Waals surface area contributed by atoms with Crippen LogP contribution in [-0.2, 0) is 9.59 Å². The maximum atomic E-state index is 13.6. The highest BCUT2D eigenvalue weighted by Crippen LogP contribution is 2.35. The van der Waals surface area contributed by atoms with Gasteiger partial charge in [0.2, 0.25) is 0 Å². The van der Waals surface area contributed by atoms with E-state index in [4.69, 9.17) is 21.7 Å². The highest BCUT2D eigenvalue weighted by Gasteiger charge is 2.36. The molecule has 2 aromatic carbocycles. The first kappa shape index (κ1) is 25.0. The molecule has 3 aromatic rings. The summed E-state index contributed by atoms with van der Waals surface area (Å²) in [5, 5.41) is 2.61. The quantitative estimate of drug-likeness (QED) is 0.311. The number of ether oxygens (including phenoxy) is 2. The number of hydrogen-bond acceptors (Lipinski definition) is 6. The van der Waals surface area contributed by atoms with E-state index in [2.05, 4.69) is 9.88 Å². The van der Waals surface area contributed by atoms with Gasteiger partial charge in [-0.1, -0.05) is 0 Å². The van der Waals surface area contributed by atoms with Crippen LogP contribution < -0.4 is 24.6 Å². The van der Waals surface area contributed by atoms with Crippen LogP contribution in [0.15, 0.2) is 54.1 Å². The molecule has 2 amide bonds. The van der Waals surface area contributed by atoms with Gasteiger partial charge in [-0.25, -0.2) is 4.90 Å². The van der Waals surface area contributed by atoms with E-state index in [1.165, 1.54) is 12.0 Å². The Balaban J connectivity index is 1.74. The Morgan fingerprint density at radius 3 is 2.28 bits per heavy atom. The largest absolute Gasteiger partial charge is 0.497 e. The Morgan fingerprint density at radius 2 is 1.67 bits per heavy atom. The van der Waals surface area contributed by atoms with E-state index in [0.29, 0.717) is 17.2 Å². The molecule has 0 spiro atoms. The van der Waals surface area contributed by atoms with Crippen LogP contribution in [-0.4, -0.2) is 49.8 Å². The zero-order valence-corrected chi connectivity index (χ0v) is 21.9. The van der Waals surface area contributed by atoms with Crippen molar-refractivity contribution >= 4 is 46.6 Å². The van der Waals surface area contributed by atoms with Gasteiger partial charge < -0.3 is 18.9 Å². The minimum absolute atomic E-state index is 0.0166. The average Bonchev–Trinajstić information content (AvgIpc) is 3.14. The summed E-state index contributed by atoms with van der Waals surface area (Å²) in [5.74, 6) is -0.127. The molecular weight excluding hydrogens is 476 g/mol. The molecule has 0 bridgehead atoms. The van der Waals surface area contributed by atoms with Gasteiger partial charge >= 0.3 is 0 Å². The number of methoxy groups -OCH3 is 2. The fourth-order valence-corrected chi connectivity index (χ4v) is 4.51. The molecule has 4 rings (SSSR count). The third kappa shape index (κ3) is 4.45. The maximum Gasteiger partial charge on any atom is 0.270 e. The van der Waals surface area contributed by atoms with Crippen LogP contribution >= 0.6 is 12.2 Å². The summed E-state index contributed by atoms with van der Waals surface area (Å²) in [6.45, 7) is 3.95. The lowest BCUT2D eigenvalue weighted by atomic mass is 10.1. The van der Waals surface area contributed by atoms with Crippen molar-refractivity contribution in [2.24, 2.45) is 0 Å². The number of rotatable bonds is 6. The Labute approximate surface area is 215 Å². The number of carbonyl (C=O) groups is 2. The number of aromatic nitrogens is 1. The van der Waals surface area contributed by atoms with Gasteiger partial charge in [-0.15, -0.1) is 0 Å². The summed E-state index contributed by atoms with van der Waals surface area (Å²) in [7, 11) is 7.02. The van der Waals surface area contributed by atoms with Crippen molar-refractivity contribution in [3.8, 4) is 17.2 Å². The number of nitrogens with zero attached hydrogens (tertiary/aromatic N) is 3. The first-order chi connectivity index (χ1) is 17.2. The fraction of sp³-hybridized carbons (Fsp3) is 0.222. The van der Waals surface area contributed by atoms with Gasteiger partial charge in [-0.05, 0) is 80.2 Å². The maximum absolute atomic E-state index is 13.6. The van der Waals surface area contributed by atoms with E-state index < -0.39 is 11.8 Å². The molecule has 0 radical (unpaired) electrons. The lowest BCUT2D eigenvalue weighted by molar-refractivity contribution is -0.122. The van der Waals surface area contributed by atoms with Crippen molar-refractivity contribution in [3.05, 3.63) is 71.1 Å². The van der Waals surface area contributed by atoms with Crippen molar-refractivity contribution in [1.29, 1.82) is 0 Å². The highest BCUT2D eigenvalue weighted by atomic mass is 32.1. The standard InChI is InChI=1S/C27H28N4O4S/c1-16-13-18(17(2)30(16)20-9-7-19(8-10-20)29(3)4)14-22-25(32)28-27(36)31(26(22)33)23-12-11-21(34-5)15-24(23)35-6/h7-15H,1-6H3,(H,28,32,36)/b22-14+. The molecule has 1 fully saturated rings. The van der Waals surface area contributed by atoms with E-state index >= 15 is 0 Å². The number of amides is 2. The van der Waals surface area contributed by atoms with Gasteiger partial charge in [0.25, 0.3) is 11.8 Å². The number of benzene rings is 2. The lowest BCUT2D eigenvalue weighted by Crippen LogP contribution is -2.54. The number of carbonyl (C=O) groups excluding carboxylic acids is 2. The van der Waals surface area contributed by atoms with Gasteiger partial charge in [-0.2, -0.15) is 0 Å². The Morgan fingerprint density at radius 1 is 0.972 bits per heavy atom. The van der Waals surface area contributed by atoms with Crippen molar-refractivity contribution < 1.29 is 19.1 Å². The van der Waals surface area contributed by atoms with Crippen molar-refractivity contribution in [2.45, 2.75) is 13.8 Å². The molecule has 1 saturated heterocycles. The fourth-order valence-electron chi connectivity index (χ4n) is 4.23. The van der Waals surface area contributed by atoms with E-state index in [1.54, 1.807) is 31.4 Å². The molecule has 0 unspecified atom stereocenters. The number of nitrogens with one attached hydrogen (secondary N) is 1. The Kier molecular flexibility index (Phi) is 6.85. The van der Waals surface area contributed by atoms with Crippen LogP contribution in [0.3, 0.4) is 0 Å². The molecule has 9 heteroatoms. The predicted octanol–water partition coefficient (Wildman–Crippen LogP) is 4.01. The summed E-state index contributed by atoms with van der Waals surface area (Å²) < 4.78 is 12.8.